The minimum Gasteiger partial charge on any atom is -0.481 e. The molecule has 1 aliphatic rings. The number of hydrogen-bond donors (Lipinski definition) is 2. The van der Waals surface area contributed by atoms with Crippen LogP contribution in [0, 0.1) is 5.92 Å². The van der Waals surface area contributed by atoms with Crippen molar-refractivity contribution in [3.63, 3.8) is 0 Å². The summed E-state index contributed by atoms with van der Waals surface area (Å²) in [6.07, 6.45) is 3.32. The molecule has 3 atom stereocenters. The molecule has 108 valence electrons. The molecule has 2 rings (SSSR count). The molecule has 2 N–H and O–H groups in total. The second kappa shape index (κ2) is 6.55. The van der Waals surface area contributed by atoms with Crippen LogP contribution in [0.2, 0.25) is 0 Å². The first kappa shape index (κ1) is 14.6. The zero-order valence-corrected chi connectivity index (χ0v) is 11.7. The van der Waals surface area contributed by atoms with Crippen LogP contribution in [0.1, 0.15) is 44.1 Å². The summed E-state index contributed by atoms with van der Waals surface area (Å²) in [5.74, 6) is -1.60. The van der Waals surface area contributed by atoms with Gasteiger partial charge in [0.15, 0.2) is 0 Å². The van der Waals surface area contributed by atoms with E-state index in [0.29, 0.717) is 6.42 Å². The minimum atomic E-state index is -0.803. The van der Waals surface area contributed by atoms with Gasteiger partial charge in [0.2, 0.25) is 5.91 Å². The van der Waals surface area contributed by atoms with Gasteiger partial charge in [0.25, 0.3) is 0 Å². The summed E-state index contributed by atoms with van der Waals surface area (Å²) in [5, 5.41) is 12.2. The minimum absolute atomic E-state index is 0.0886. The highest BCUT2D eigenvalue weighted by molar-refractivity contribution is 5.84. The summed E-state index contributed by atoms with van der Waals surface area (Å²) in [6, 6.07) is 9.31. The van der Waals surface area contributed by atoms with Gasteiger partial charge in [0.05, 0.1) is 11.8 Å². The van der Waals surface area contributed by atoms with Gasteiger partial charge in [-0.3, -0.25) is 9.59 Å². The van der Waals surface area contributed by atoms with Crippen molar-refractivity contribution in [1.29, 1.82) is 0 Å². The van der Waals surface area contributed by atoms with Crippen molar-refractivity contribution in [2.45, 2.75) is 44.6 Å². The molecule has 20 heavy (non-hydrogen) atoms. The molecule has 0 bridgehead atoms. The van der Waals surface area contributed by atoms with Crippen LogP contribution in [-0.4, -0.2) is 23.0 Å². The summed E-state index contributed by atoms with van der Waals surface area (Å²) in [4.78, 5) is 23.5. The Morgan fingerprint density at radius 2 is 1.85 bits per heavy atom. The first-order valence-electron chi connectivity index (χ1n) is 7.17. The van der Waals surface area contributed by atoms with E-state index in [1.165, 1.54) is 0 Å². The number of aliphatic carboxylic acids is 1. The lowest BCUT2D eigenvalue weighted by molar-refractivity contribution is -0.144. The van der Waals surface area contributed by atoms with Gasteiger partial charge in [0, 0.05) is 6.04 Å². The number of carboxylic acid groups (broad SMARTS) is 1. The third kappa shape index (κ3) is 3.38. The quantitative estimate of drug-likeness (QED) is 0.887. The zero-order chi connectivity index (χ0) is 14.5. The number of carbonyl (C=O) groups is 2. The van der Waals surface area contributed by atoms with Crippen molar-refractivity contribution in [3.8, 4) is 0 Å². The van der Waals surface area contributed by atoms with E-state index in [9.17, 15) is 14.7 Å². The highest BCUT2D eigenvalue weighted by Crippen LogP contribution is 2.25. The molecule has 1 aliphatic carbocycles. The highest BCUT2D eigenvalue weighted by Gasteiger charge is 2.32. The summed E-state index contributed by atoms with van der Waals surface area (Å²) in [5.41, 5.74) is 0.952. The van der Waals surface area contributed by atoms with E-state index in [-0.39, 0.29) is 17.9 Å². The third-order valence-corrected chi connectivity index (χ3v) is 4.10. The fourth-order valence-corrected chi connectivity index (χ4v) is 2.80. The average Bonchev–Trinajstić information content (AvgIpc) is 2.47. The maximum absolute atomic E-state index is 12.3. The van der Waals surface area contributed by atoms with Crippen LogP contribution >= 0.6 is 0 Å². The first-order chi connectivity index (χ1) is 9.59. The lowest BCUT2D eigenvalue weighted by atomic mass is 9.84. The van der Waals surface area contributed by atoms with Crippen LogP contribution in [0.4, 0.5) is 0 Å². The van der Waals surface area contributed by atoms with Crippen molar-refractivity contribution < 1.29 is 14.7 Å². The smallest absolute Gasteiger partial charge is 0.308 e. The Hall–Kier alpha value is -1.84. The fraction of sp³-hybridized carbons (Fsp3) is 0.500. The van der Waals surface area contributed by atoms with Crippen LogP contribution < -0.4 is 5.32 Å². The highest BCUT2D eigenvalue weighted by atomic mass is 16.4. The maximum atomic E-state index is 12.3. The molecular weight excluding hydrogens is 254 g/mol. The maximum Gasteiger partial charge on any atom is 0.308 e. The van der Waals surface area contributed by atoms with E-state index >= 15 is 0 Å². The van der Waals surface area contributed by atoms with E-state index < -0.39 is 11.9 Å². The molecule has 4 heteroatoms. The Morgan fingerprint density at radius 3 is 2.50 bits per heavy atom. The first-order valence-corrected chi connectivity index (χ1v) is 7.17. The standard InChI is InChI=1S/C16H21NO3/c1-11(12-7-3-2-4-8-12)15(18)17-14-10-6-5-9-13(14)16(19)20/h2-4,7-8,11,13-14H,5-6,9-10H2,1H3,(H,17,18)(H,19,20). The Labute approximate surface area is 119 Å². The predicted molar refractivity (Wildman–Crippen MR) is 76.4 cm³/mol. The van der Waals surface area contributed by atoms with Gasteiger partial charge in [-0.25, -0.2) is 0 Å². The van der Waals surface area contributed by atoms with E-state index in [2.05, 4.69) is 5.32 Å². The van der Waals surface area contributed by atoms with Crippen molar-refractivity contribution in [3.05, 3.63) is 35.9 Å². The van der Waals surface area contributed by atoms with E-state index in [1.54, 1.807) is 0 Å². The Balaban J connectivity index is 2.01. The third-order valence-electron chi connectivity index (χ3n) is 4.10. The Morgan fingerprint density at radius 1 is 1.20 bits per heavy atom. The van der Waals surface area contributed by atoms with Crippen LogP contribution in [0.3, 0.4) is 0 Å². The molecule has 1 aromatic rings. The second-order valence-electron chi connectivity index (χ2n) is 5.48. The molecular formula is C16H21NO3. The lowest BCUT2D eigenvalue weighted by Crippen LogP contribution is -2.46. The molecule has 3 unspecified atom stereocenters. The van der Waals surface area contributed by atoms with E-state index in [4.69, 9.17) is 0 Å². The van der Waals surface area contributed by atoms with Gasteiger partial charge >= 0.3 is 5.97 Å². The lowest BCUT2D eigenvalue weighted by Gasteiger charge is -2.30. The Bertz CT molecular complexity index is 472. The average molecular weight is 275 g/mol. The van der Waals surface area contributed by atoms with Crippen LogP contribution in [0.15, 0.2) is 30.3 Å². The van der Waals surface area contributed by atoms with Crippen LogP contribution in [0.25, 0.3) is 0 Å². The zero-order valence-electron chi connectivity index (χ0n) is 11.7. The molecule has 1 fully saturated rings. The van der Waals surface area contributed by atoms with Gasteiger partial charge in [0.1, 0.15) is 0 Å². The number of carboxylic acids is 1. The molecule has 0 saturated heterocycles. The van der Waals surface area contributed by atoms with Crippen LogP contribution in [-0.2, 0) is 9.59 Å². The largest absolute Gasteiger partial charge is 0.481 e. The normalized spacial score (nSPS) is 23.9. The Kier molecular flexibility index (Phi) is 4.77. The molecule has 1 aromatic carbocycles. The summed E-state index contributed by atoms with van der Waals surface area (Å²) in [6.45, 7) is 1.85. The SMILES string of the molecule is CC(C(=O)NC1CCCCC1C(=O)O)c1ccccc1. The number of rotatable bonds is 4. The number of hydrogen-bond acceptors (Lipinski definition) is 2. The molecule has 1 amide bonds. The van der Waals surface area contributed by atoms with Crippen LogP contribution in [0.5, 0.6) is 0 Å². The van der Waals surface area contributed by atoms with E-state index in [0.717, 1.165) is 24.8 Å². The molecule has 0 radical (unpaired) electrons. The summed E-state index contributed by atoms with van der Waals surface area (Å²) >= 11 is 0. The van der Waals surface area contributed by atoms with Gasteiger partial charge in [-0.1, -0.05) is 43.2 Å². The molecule has 0 spiro atoms. The second-order valence-corrected chi connectivity index (χ2v) is 5.48. The number of carbonyl (C=O) groups excluding carboxylic acids is 1. The molecule has 0 aliphatic heterocycles. The van der Waals surface area contributed by atoms with Crippen molar-refractivity contribution >= 4 is 11.9 Å². The van der Waals surface area contributed by atoms with E-state index in [1.807, 2.05) is 37.3 Å². The fourth-order valence-electron chi connectivity index (χ4n) is 2.80. The molecule has 4 nitrogen and oxygen atoms in total. The molecule has 0 heterocycles. The number of amides is 1. The van der Waals surface area contributed by atoms with Crippen molar-refractivity contribution in [2.24, 2.45) is 5.92 Å². The number of benzene rings is 1. The van der Waals surface area contributed by atoms with Crippen molar-refractivity contribution in [1.82, 2.24) is 5.32 Å². The molecule has 1 saturated carbocycles. The van der Waals surface area contributed by atoms with Gasteiger partial charge < -0.3 is 10.4 Å². The number of nitrogens with one attached hydrogen (secondary N) is 1. The predicted octanol–water partition coefficient (Wildman–Crippen LogP) is 2.55. The van der Waals surface area contributed by atoms with Crippen molar-refractivity contribution in [2.75, 3.05) is 0 Å². The van der Waals surface area contributed by atoms with Gasteiger partial charge in [-0.2, -0.15) is 0 Å². The van der Waals surface area contributed by atoms with Gasteiger partial charge in [-0.05, 0) is 25.3 Å². The summed E-state index contributed by atoms with van der Waals surface area (Å²) in [7, 11) is 0. The monoisotopic (exact) mass is 275 g/mol. The molecule has 0 aromatic heterocycles. The topological polar surface area (TPSA) is 66.4 Å². The summed E-state index contributed by atoms with van der Waals surface area (Å²) < 4.78 is 0. The van der Waals surface area contributed by atoms with Gasteiger partial charge in [-0.15, -0.1) is 0 Å².